The van der Waals surface area contributed by atoms with Crippen LogP contribution in [0.1, 0.15) is 38.4 Å². The third-order valence-electron chi connectivity index (χ3n) is 3.23. The largest absolute Gasteiger partial charge is 0.494 e. The zero-order chi connectivity index (χ0) is 14.8. The summed E-state index contributed by atoms with van der Waals surface area (Å²) in [6, 6.07) is 7.71. The first-order chi connectivity index (χ1) is 9.72. The summed E-state index contributed by atoms with van der Waals surface area (Å²) in [4.78, 5) is 0. The highest BCUT2D eigenvalue weighted by Gasteiger charge is 2.18. The normalized spacial score (nSPS) is 14.0. The van der Waals surface area contributed by atoms with E-state index >= 15 is 0 Å². The molecule has 2 unspecified atom stereocenters. The van der Waals surface area contributed by atoms with E-state index in [0.29, 0.717) is 6.61 Å². The number of rotatable bonds is 10. The lowest BCUT2D eigenvalue weighted by atomic mass is 10.0. The summed E-state index contributed by atoms with van der Waals surface area (Å²) in [5.41, 5.74) is 0.908. The van der Waals surface area contributed by atoms with Gasteiger partial charge in [0.2, 0.25) is 0 Å². The van der Waals surface area contributed by atoms with Crippen LogP contribution in [0, 0.1) is 0 Å². The molecule has 0 aliphatic heterocycles. The van der Waals surface area contributed by atoms with Gasteiger partial charge in [-0.3, -0.25) is 0 Å². The maximum atomic E-state index is 10.4. The number of nitrogens with one attached hydrogen (secondary N) is 1. The van der Waals surface area contributed by atoms with Crippen LogP contribution >= 0.6 is 0 Å². The molecular weight excluding hydrogens is 254 g/mol. The molecule has 1 aromatic carbocycles. The molecule has 4 nitrogen and oxygen atoms in total. The van der Waals surface area contributed by atoms with E-state index in [1.165, 1.54) is 0 Å². The van der Waals surface area contributed by atoms with Crippen molar-refractivity contribution < 1.29 is 14.6 Å². The minimum atomic E-state index is -0.517. The molecule has 114 valence electrons. The van der Waals surface area contributed by atoms with Crippen molar-refractivity contribution in [1.29, 1.82) is 0 Å². The van der Waals surface area contributed by atoms with Gasteiger partial charge in [0.05, 0.1) is 19.3 Å². The molecule has 0 amide bonds. The number of benzene rings is 1. The highest BCUT2D eigenvalue weighted by Crippen LogP contribution is 2.21. The molecule has 0 bridgehead atoms. The molecule has 0 heterocycles. The molecule has 1 rings (SSSR count). The Balaban J connectivity index is 2.57. The van der Waals surface area contributed by atoms with Gasteiger partial charge >= 0.3 is 0 Å². The molecule has 0 spiro atoms. The van der Waals surface area contributed by atoms with E-state index < -0.39 is 6.10 Å². The van der Waals surface area contributed by atoms with Crippen molar-refractivity contribution in [2.75, 3.05) is 26.9 Å². The van der Waals surface area contributed by atoms with Crippen LogP contribution in [0.4, 0.5) is 0 Å². The maximum absolute atomic E-state index is 10.4. The molecule has 0 aliphatic carbocycles. The van der Waals surface area contributed by atoms with Gasteiger partial charge in [-0.1, -0.05) is 26.0 Å². The van der Waals surface area contributed by atoms with Crippen LogP contribution in [0.3, 0.4) is 0 Å². The summed E-state index contributed by atoms with van der Waals surface area (Å²) in [5.74, 6) is 0.850. The Kier molecular flexibility index (Phi) is 8.26. The molecule has 0 aliphatic rings. The van der Waals surface area contributed by atoms with E-state index in [1.807, 2.05) is 24.3 Å². The van der Waals surface area contributed by atoms with Gasteiger partial charge in [-0.05, 0) is 30.5 Å². The lowest BCUT2D eigenvalue weighted by molar-refractivity contribution is 0.117. The Morgan fingerprint density at radius 3 is 2.40 bits per heavy atom. The van der Waals surface area contributed by atoms with Gasteiger partial charge in [-0.25, -0.2) is 0 Å². The zero-order valence-corrected chi connectivity index (χ0v) is 12.8. The molecule has 0 radical (unpaired) electrons. The van der Waals surface area contributed by atoms with Gasteiger partial charge in [0, 0.05) is 19.7 Å². The van der Waals surface area contributed by atoms with Gasteiger partial charge in [0.1, 0.15) is 5.75 Å². The maximum Gasteiger partial charge on any atom is 0.119 e. The van der Waals surface area contributed by atoms with E-state index in [9.17, 15) is 5.11 Å². The average Bonchev–Trinajstić information content (AvgIpc) is 2.49. The molecular formula is C16H27NO3. The smallest absolute Gasteiger partial charge is 0.119 e. The minimum absolute atomic E-state index is 0.0348. The number of ether oxygens (including phenoxy) is 2. The monoisotopic (exact) mass is 281 g/mol. The Morgan fingerprint density at radius 2 is 1.85 bits per heavy atom. The highest BCUT2D eigenvalue weighted by atomic mass is 16.5. The molecule has 0 saturated heterocycles. The van der Waals surface area contributed by atoms with E-state index in [0.717, 1.165) is 37.3 Å². The van der Waals surface area contributed by atoms with Crippen molar-refractivity contribution in [2.24, 2.45) is 0 Å². The van der Waals surface area contributed by atoms with E-state index in [1.54, 1.807) is 7.11 Å². The highest BCUT2D eigenvalue weighted by molar-refractivity contribution is 5.29. The van der Waals surface area contributed by atoms with Gasteiger partial charge in [-0.2, -0.15) is 0 Å². The summed E-state index contributed by atoms with van der Waals surface area (Å²) in [7, 11) is 1.67. The van der Waals surface area contributed by atoms with Crippen LogP contribution in [0.25, 0.3) is 0 Å². The van der Waals surface area contributed by atoms with Crippen molar-refractivity contribution in [3.8, 4) is 5.75 Å². The second-order valence-electron chi connectivity index (χ2n) is 4.82. The van der Waals surface area contributed by atoms with Crippen molar-refractivity contribution in [2.45, 2.75) is 38.8 Å². The van der Waals surface area contributed by atoms with Crippen LogP contribution in [0.15, 0.2) is 24.3 Å². The summed E-state index contributed by atoms with van der Waals surface area (Å²) >= 11 is 0. The predicted molar refractivity (Wildman–Crippen MR) is 81.1 cm³/mol. The van der Waals surface area contributed by atoms with Gasteiger partial charge in [0.25, 0.3) is 0 Å². The first-order valence-electron chi connectivity index (χ1n) is 7.36. The Labute approximate surface area is 122 Å². The van der Waals surface area contributed by atoms with Crippen LogP contribution in [0.2, 0.25) is 0 Å². The predicted octanol–water partition coefficient (Wildman–Crippen LogP) is 2.52. The molecule has 0 aromatic heterocycles. The van der Waals surface area contributed by atoms with Crippen LogP contribution < -0.4 is 10.1 Å². The first-order valence-corrected chi connectivity index (χ1v) is 7.36. The summed E-state index contributed by atoms with van der Waals surface area (Å²) in [5, 5.41) is 13.7. The second kappa shape index (κ2) is 9.75. The molecule has 2 N–H and O–H groups in total. The zero-order valence-electron chi connectivity index (χ0n) is 12.8. The Morgan fingerprint density at radius 1 is 1.15 bits per heavy atom. The fourth-order valence-electron chi connectivity index (χ4n) is 2.04. The SMILES string of the molecule is CCCOc1ccc(C(O)C(CC)NCCOC)cc1. The van der Waals surface area contributed by atoms with E-state index in [-0.39, 0.29) is 6.04 Å². The number of hydrogen-bond acceptors (Lipinski definition) is 4. The topological polar surface area (TPSA) is 50.7 Å². The molecule has 20 heavy (non-hydrogen) atoms. The molecule has 2 atom stereocenters. The fraction of sp³-hybridized carbons (Fsp3) is 0.625. The summed E-state index contributed by atoms with van der Waals surface area (Å²) < 4.78 is 10.6. The lowest BCUT2D eigenvalue weighted by Gasteiger charge is -2.23. The number of methoxy groups -OCH3 is 1. The van der Waals surface area contributed by atoms with Crippen molar-refractivity contribution in [1.82, 2.24) is 5.32 Å². The summed E-state index contributed by atoms with van der Waals surface area (Å²) in [6.07, 6.45) is 1.34. The number of hydrogen-bond donors (Lipinski definition) is 2. The first kappa shape index (κ1) is 17.0. The molecule has 0 fully saturated rings. The van der Waals surface area contributed by atoms with Gasteiger partial charge in [0.15, 0.2) is 0 Å². The third kappa shape index (κ3) is 5.49. The minimum Gasteiger partial charge on any atom is -0.494 e. The average molecular weight is 281 g/mol. The van der Waals surface area contributed by atoms with Crippen molar-refractivity contribution in [3.05, 3.63) is 29.8 Å². The molecule has 4 heteroatoms. The Bertz CT molecular complexity index is 353. The Hall–Kier alpha value is -1.10. The fourth-order valence-corrected chi connectivity index (χ4v) is 2.04. The standard InChI is InChI=1S/C16H27NO3/c1-4-11-20-14-8-6-13(7-9-14)16(18)15(5-2)17-10-12-19-3/h6-9,15-18H,4-5,10-12H2,1-3H3. The second-order valence-corrected chi connectivity index (χ2v) is 4.82. The van der Waals surface area contributed by atoms with Crippen LogP contribution in [-0.2, 0) is 4.74 Å². The van der Waals surface area contributed by atoms with Crippen LogP contribution in [0.5, 0.6) is 5.75 Å². The van der Waals surface area contributed by atoms with Crippen molar-refractivity contribution in [3.63, 3.8) is 0 Å². The molecule has 1 aromatic rings. The quantitative estimate of drug-likeness (QED) is 0.647. The lowest BCUT2D eigenvalue weighted by Crippen LogP contribution is -2.36. The van der Waals surface area contributed by atoms with Gasteiger partial charge in [-0.15, -0.1) is 0 Å². The number of aliphatic hydroxyl groups excluding tert-OH is 1. The van der Waals surface area contributed by atoms with E-state index in [2.05, 4.69) is 19.2 Å². The van der Waals surface area contributed by atoms with Crippen molar-refractivity contribution >= 4 is 0 Å². The number of aliphatic hydroxyl groups is 1. The third-order valence-corrected chi connectivity index (χ3v) is 3.23. The molecule has 0 saturated carbocycles. The van der Waals surface area contributed by atoms with Gasteiger partial charge < -0.3 is 19.9 Å². The van der Waals surface area contributed by atoms with E-state index in [4.69, 9.17) is 9.47 Å². The van der Waals surface area contributed by atoms with Crippen LogP contribution in [-0.4, -0.2) is 38.0 Å². The summed E-state index contributed by atoms with van der Waals surface area (Å²) in [6.45, 7) is 6.25.